The van der Waals surface area contributed by atoms with Crippen molar-refractivity contribution in [3.05, 3.63) is 47.3 Å². The second-order valence-corrected chi connectivity index (χ2v) is 10.1. The van der Waals surface area contributed by atoms with E-state index in [1.54, 1.807) is 18.4 Å². The number of benzene rings is 1. The highest BCUT2D eigenvalue weighted by atomic mass is 32.1. The molecule has 2 aromatic rings. The lowest BCUT2D eigenvalue weighted by Crippen LogP contribution is -2.44. The molecule has 2 atom stereocenters. The molecule has 152 valence electrons. The minimum absolute atomic E-state index is 0.0595. The fourth-order valence-corrected chi connectivity index (χ4v) is 6.19. The molecule has 1 aromatic heterocycles. The van der Waals surface area contributed by atoms with E-state index < -0.39 is 5.41 Å². The third-order valence-corrected chi connectivity index (χ3v) is 8.43. The van der Waals surface area contributed by atoms with Crippen molar-refractivity contribution >= 4 is 23.2 Å². The van der Waals surface area contributed by atoms with Crippen LogP contribution in [0.15, 0.2) is 41.8 Å². The summed E-state index contributed by atoms with van der Waals surface area (Å²) in [5, 5.41) is 4.95. The lowest BCUT2D eigenvalue weighted by atomic mass is 9.79. The Morgan fingerprint density at radius 1 is 1.17 bits per heavy atom. The van der Waals surface area contributed by atoms with E-state index in [0.29, 0.717) is 30.8 Å². The maximum atomic E-state index is 13.0. The highest BCUT2D eigenvalue weighted by molar-refractivity contribution is 7.13. The number of amides is 2. The molecule has 2 saturated carbocycles. The van der Waals surface area contributed by atoms with E-state index in [2.05, 4.69) is 47.1 Å². The lowest BCUT2D eigenvalue weighted by Gasteiger charge is -2.30. The molecule has 2 unspecified atom stereocenters. The van der Waals surface area contributed by atoms with Gasteiger partial charge in [0.15, 0.2) is 0 Å². The SMILES string of the molecule is CNC(=O)C1(Cc2ccc(-c3cccs3)cc2)CCN(C(=O)C2CC23CCC3)C1. The average Bonchev–Trinajstić information content (AvgIpc) is 3.04. The molecular formula is C24H28N2O2S. The lowest BCUT2D eigenvalue weighted by molar-refractivity contribution is -0.134. The Kier molecular flexibility index (Phi) is 4.54. The van der Waals surface area contributed by atoms with Gasteiger partial charge in [-0.05, 0) is 60.1 Å². The number of nitrogens with one attached hydrogen (secondary N) is 1. The quantitative estimate of drug-likeness (QED) is 0.809. The summed E-state index contributed by atoms with van der Waals surface area (Å²) in [7, 11) is 1.71. The summed E-state index contributed by atoms with van der Waals surface area (Å²) in [6.45, 7) is 1.25. The number of likely N-dealkylation sites (tertiary alicyclic amines) is 1. The van der Waals surface area contributed by atoms with Gasteiger partial charge in [0, 0.05) is 30.9 Å². The van der Waals surface area contributed by atoms with E-state index in [-0.39, 0.29) is 11.8 Å². The summed E-state index contributed by atoms with van der Waals surface area (Å²) in [5.74, 6) is 0.578. The topological polar surface area (TPSA) is 49.4 Å². The van der Waals surface area contributed by atoms with Crippen LogP contribution < -0.4 is 5.32 Å². The summed E-state index contributed by atoms with van der Waals surface area (Å²) < 4.78 is 0. The Balaban J connectivity index is 1.31. The zero-order valence-corrected chi connectivity index (χ0v) is 17.8. The fraction of sp³-hybridized carbons (Fsp3) is 0.500. The number of hydrogen-bond donors (Lipinski definition) is 1. The first-order valence-electron chi connectivity index (χ1n) is 10.7. The second kappa shape index (κ2) is 6.98. The molecule has 1 saturated heterocycles. The first-order valence-corrected chi connectivity index (χ1v) is 11.6. The molecule has 1 aliphatic heterocycles. The summed E-state index contributed by atoms with van der Waals surface area (Å²) in [6.07, 6.45) is 6.19. The van der Waals surface area contributed by atoms with Crippen LogP contribution in [0.2, 0.25) is 0 Å². The van der Waals surface area contributed by atoms with E-state index in [0.717, 1.165) is 18.4 Å². The predicted molar refractivity (Wildman–Crippen MR) is 116 cm³/mol. The van der Waals surface area contributed by atoms with E-state index >= 15 is 0 Å². The molecule has 29 heavy (non-hydrogen) atoms. The van der Waals surface area contributed by atoms with Gasteiger partial charge in [0.25, 0.3) is 0 Å². The molecule has 0 bridgehead atoms. The molecule has 5 rings (SSSR count). The van der Waals surface area contributed by atoms with Crippen LogP contribution in [0.3, 0.4) is 0 Å². The minimum atomic E-state index is -0.517. The van der Waals surface area contributed by atoms with Gasteiger partial charge in [-0.3, -0.25) is 9.59 Å². The zero-order valence-electron chi connectivity index (χ0n) is 16.9. The van der Waals surface area contributed by atoms with Gasteiger partial charge >= 0.3 is 0 Å². The third kappa shape index (κ3) is 3.20. The Labute approximate surface area is 176 Å². The van der Waals surface area contributed by atoms with Gasteiger partial charge in [0.1, 0.15) is 0 Å². The van der Waals surface area contributed by atoms with Crippen LogP contribution in [-0.2, 0) is 16.0 Å². The Bertz CT molecular complexity index is 917. The zero-order chi connectivity index (χ0) is 20.1. The Hall–Kier alpha value is -2.14. The maximum absolute atomic E-state index is 13.0. The van der Waals surface area contributed by atoms with E-state index in [4.69, 9.17) is 0 Å². The summed E-state index contributed by atoms with van der Waals surface area (Å²) >= 11 is 1.73. The average molecular weight is 409 g/mol. The summed E-state index contributed by atoms with van der Waals surface area (Å²) in [6, 6.07) is 12.7. The standard InChI is InChI=1S/C24H28N2O2S/c1-25-22(28)24(14-17-5-7-18(8-6-17)20-4-2-13-29-20)11-12-26(16-24)21(27)19-15-23(19)9-3-10-23/h2,4-8,13,19H,3,9-12,14-16H2,1H3,(H,25,28). The first kappa shape index (κ1) is 18.9. The van der Waals surface area contributed by atoms with Crippen LogP contribution in [-0.4, -0.2) is 36.9 Å². The molecule has 3 aliphatic rings. The fourth-order valence-electron chi connectivity index (χ4n) is 5.46. The number of carbonyl (C=O) groups is 2. The largest absolute Gasteiger partial charge is 0.359 e. The maximum Gasteiger partial charge on any atom is 0.228 e. The normalized spacial score (nSPS) is 26.9. The van der Waals surface area contributed by atoms with Crippen molar-refractivity contribution in [2.45, 2.75) is 38.5 Å². The monoisotopic (exact) mass is 408 g/mol. The number of thiophene rings is 1. The molecular weight excluding hydrogens is 380 g/mol. The van der Waals surface area contributed by atoms with Crippen molar-refractivity contribution in [2.24, 2.45) is 16.7 Å². The number of rotatable bonds is 5. The van der Waals surface area contributed by atoms with Crippen LogP contribution in [0, 0.1) is 16.7 Å². The van der Waals surface area contributed by atoms with Gasteiger partial charge in [0.05, 0.1) is 5.41 Å². The van der Waals surface area contributed by atoms with Crippen molar-refractivity contribution in [1.29, 1.82) is 0 Å². The Morgan fingerprint density at radius 2 is 1.97 bits per heavy atom. The van der Waals surface area contributed by atoms with E-state index in [1.165, 1.54) is 29.7 Å². The van der Waals surface area contributed by atoms with Gasteiger partial charge < -0.3 is 10.2 Å². The van der Waals surface area contributed by atoms with Gasteiger partial charge in [-0.2, -0.15) is 0 Å². The molecule has 1 spiro atoms. The molecule has 2 aliphatic carbocycles. The molecule has 3 fully saturated rings. The van der Waals surface area contributed by atoms with Crippen molar-refractivity contribution < 1.29 is 9.59 Å². The molecule has 4 nitrogen and oxygen atoms in total. The summed E-state index contributed by atoms with van der Waals surface area (Å²) in [4.78, 5) is 29.2. The van der Waals surface area contributed by atoms with Gasteiger partial charge in [-0.1, -0.05) is 36.8 Å². The highest BCUT2D eigenvalue weighted by Crippen LogP contribution is 2.66. The van der Waals surface area contributed by atoms with Crippen molar-refractivity contribution in [3.8, 4) is 10.4 Å². The molecule has 5 heteroatoms. The van der Waals surface area contributed by atoms with Crippen LogP contribution in [0.5, 0.6) is 0 Å². The molecule has 0 radical (unpaired) electrons. The number of nitrogens with zero attached hydrogens (tertiary/aromatic N) is 1. The molecule has 1 N–H and O–H groups in total. The third-order valence-electron chi connectivity index (χ3n) is 7.51. The number of carbonyl (C=O) groups excluding carboxylic acids is 2. The van der Waals surface area contributed by atoms with Crippen molar-refractivity contribution in [3.63, 3.8) is 0 Å². The first-order chi connectivity index (χ1) is 14.1. The smallest absolute Gasteiger partial charge is 0.228 e. The van der Waals surface area contributed by atoms with Crippen LogP contribution in [0.25, 0.3) is 10.4 Å². The van der Waals surface area contributed by atoms with Crippen molar-refractivity contribution in [2.75, 3.05) is 20.1 Å². The molecule has 2 amide bonds. The second-order valence-electron chi connectivity index (χ2n) is 9.19. The molecule has 1 aromatic carbocycles. The van der Waals surface area contributed by atoms with E-state index in [9.17, 15) is 9.59 Å². The highest BCUT2D eigenvalue weighted by Gasteiger charge is 2.62. The predicted octanol–water partition coefficient (Wildman–Crippen LogP) is 4.11. The van der Waals surface area contributed by atoms with Gasteiger partial charge in [-0.25, -0.2) is 0 Å². The molecule has 2 heterocycles. The van der Waals surface area contributed by atoms with Crippen molar-refractivity contribution in [1.82, 2.24) is 10.2 Å². The van der Waals surface area contributed by atoms with Crippen LogP contribution in [0.4, 0.5) is 0 Å². The minimum Gasteiger partial charge on any atom is -0.359 e. The van der Waals surface area contributed by atoms with E-state index in [1.807, 2.05) is 4.90 Å². The van der Waals surface area contributed by atoms with Gasteiger partial charge in [-0.15, -0.1) is 11.3 Å². The Morgan fingerprint density at radius 3 is 2.55 bits per heavy atom. The van der Waals surface area contributed by atoms with Crippen LogP contribution in [0.1, 0.15) is 37.7 Å². The van der Waals surface area contributed by atoms with Gasteiger partial charge in [0.2, 0.25) is 11.8 Å². The summed E-state index contributed by atoms with van der Waals surface area (Å²) in [5.41, 5.74) is 2.19. The number of hydrogen-bond acceptors (Lipinski definition) is 3. The van der Waals surface area contributed by atoms with Crippen LogP contribution >= 0.6 is 11.3 Å².